The molecule has 2 unspecified atom stereocenters. The molecular weight excluding hydrogens is 244 g/mol. The van der Waals surface area contributed by atoms with E-state index >= 15 is 0 Å². The summed E-state index contributed by atoms with van der Waals surface area (Å²) in [6.45, 7) is 0.582. The normalized spacial score (nSPS) is 22.6. The summed E-state index contributed by atoms with van der Waals surface area (Å²) >= 11 is 0. The van der Waals surface area contributed by atoms with Gasteiger partial charge in [-0.3, -0.25) is 9.59 Å². The summed E-state index contributed by atoms with van der Waals surface area (Å²) in [6.07, 6.45) is 1.44. The molecule has 2 rings (SSSR count). The van der Waals surface area contributed by atoms with Crippen molar-refractivity contribution in [3.63, 3.8) is 0 Å². The number of hydrogen-bond donors (Lipinski definition) is 2. The molecule has 1 amide bonds. The number of piperidine rings is 1. The molecule has 2 atom stereocenters. The van der Waals surface area contributed by atoms with E-state index < -0.39 is 0 Å². The van der Waals surface area contributed by atoms with Gasteiger partial charge in [-0.1, -0.05) is 18.2 Å². The highest BCUT2D eigenvalue weighted by atomic mass is 16.5. The highest BCUT2D eigenvalue weighted by Crippen LogP contribution is 2.10. The van der Waals surface area contributed by atoms with Crippen LogP contribution >= 0.6 is 0 Å². The average Bonchev–Trinajstić information content (AvgIpc) is 2.48. The number of carbonyl (C=O) groups is 2. The SMILES string of the molecule is COC(=O)C1CCC(NC(=O)c2ccccc2)CN1. The average molecular weight is 262 g/mol. The molecule has 0 radical (unpaired) electrons. The van der Waals surface area contributed by atoms with E-state index in [0.717, 1.165) is 6.42 Å². The maximum atomic E-state index is 12.0. The number of esters is 1. The zero-order chi connectivity index (χ0) is 13.7. The molecule has 1 aliphatic heterocycles. The molecule has 5 nitrogen and oxygen atoms in total. The van der Waals surface area contributed by atoms with E-state index in [2.05, 4.69) is 15.4 Å². The second-order valence-electron chi connectivity index (χ2n) is 4.60. The van der Waals surface area contributed by atoms with Gasteiger partial charge in [-0.15, -0.1) is 0 Å². The van der Waals surface area contributed by atoms with Crippen LogP contribution in [0.25, 0.3) is 0 Å². The van der Waals surface area contributed by atoms with Gasteiger partial charge in [-0.05, 0) is 25.0 Å². The summed E-state index contributed by atoms with van der Waals surface area (Å²) in [5.41, 5.74) is 0.651. The molecule has 1 heterocycles. The second kappa shape index (κ2) is 6.33. The van der Waals surface area contributed by atoms with Gasteiger partial charge in [-0.2, -0.15) is 0 Å². The Hall–Kier alpha value is -1.88. The van der Waals surface area contributed by atoms with Crippen molar-refractivity contribution in [2.24, 2.45) is 0 Å². The highest BCUT2D eigenvalue weighted by Gasteiger charge is 2.27. The third kappa shape index (κ3) is 3.54. The van der Waals surface area contributed by atoms with Crippen LogP contribution in [-0.2, 0) is 9.53 Å². The molecule has 0 bridgehead atoms. The van der Waals surface area contributed by atoms with E-state index in [4.69, 9.17) is 0 Å². The summed E-state index contributed by atoms with van der Waals surface area (Å²) in [7, 11) is 1.38. The molecule has 102 valence electrons. The number of methoxy groups -OCH3 is 1. The zero-order valence-corrected chi connectivity index (χ0v) is 10.9. The van der Waals surface area contributed by atoms with E-state index in [-0.39, 0.29) is 24.0 Å². The lowest BCUT2D eigenvalue weighted by atomic mass is 10.0. The molecule has 0 saturated carbocycles. The molecule has 19 heavy (non-hydrogen) atoms. The van der Waals surface area contributed by atoms with Crippen molar-refractivity contribution < 1.29 is 14.3 Å². The van der Waals surface area contributed by atoms with Crippen LogP contribution in [0.2, 0.25) is 0 Å². The van der Waals surface area contributed by atoms with E-state index in [0.29, 0.717) is 18.5 Å². The molecule has 2 N–H and O–H groups in total. The minimum absolute atomic E-state index is 0.0496. The summed E-state index contributed by atoms with van der Waals surface area (Å²) in [6, 6.07) is 8.90. The van der Waals surface area contributed by atoms with Crippen LogP contribution in [0.3, 0.4) is 0 Å². The second-order valence-corrected chi connectivity index (χ2v) is 4.60. The number of benzene rings is 1. The summed E-state index contributed by atoms with van der Waals surface area (Å²) < 4.78 is 4.69. The highest BCUT2D eigenvalue weighted by molar-refractivity contribution is 5.94. The van der Waals surface area contributed by atoms with E-state index in [1.165, 1.54) is 7.11 Å². The monoisotopic (exact) mass is 262 g/mol. The number of amides is 1. The fraction of sp³-hybridized carbons (Fsp3) is 0.429. The lowest BCUT2D eigenvalue weighted by molar-refractivity contribution is -0.143. The Morgan fingerprint density at radius 1 is 1.26 bits per heavy atom. The third-order valence-electron chi connectivity index (χ3n) is 3.27. The number of carbonyl (C=O) groups excluding carboxylic acids is 2. The molecule has 1 fully saturated rings. The predicted molar refractivity (Wildman–Crippen MR) is 70.7 cm³/mol. The van der Waals surface area contributed by atoms with Crippen molar-refractivity contribution >= 4 is 11.9 Å². The van der Waals surface area contributed by atoms with E-state index in [1.807, 2.05) is 18.2 Å². The summed E-state index contributed by atoms with van der Waals surface area (Å²) in [5.74, 6) is -0.322. The van der Waals surface area contributed by atoms with Gasteiger partial charge in [0.2, 0.25) is 0 Å². The first-order valence-corrected chi connectivity index (χ1v) is 6.38. The molecule has 1 aliphatic rings. The number of rotatable bonds is 3. The van der Waals surface area contributed by atoms with Gasteiger partial charge in [0.25, 0.3) is 5.91 Å². The van der Waals surface area contributed by atoms with Gasteiger partial charge in [0.05, 0.1) is 7.11 Å². The van der Waals surface area contributed by atoms with Crippen LogP contribution in [0.5, 0.6) is 0 Å². The maximum Gasteiger partial charge on any atom is 0.322 e. The molecule has 1 aromatic rings. The van der Waals surface area contributed by atoms with E-state index in [9.17, 15) is 9.59 Å². The minimum atomic E-state index is -0.255. The fourth-order valence-electron chi connectivity index (χ4n) is 2.18. The van der Waals surface area contributed by atoms with Crippen LogP contribution < -0.4 is 10.6 Å². The molecule has 0 aromatic heterocycles. The minimum Gasteiger partial charge on any atom is -0.468 e. The van der Waals surface area contributed by atoms with Gasteiger partial charge < -0.3 is 15.4 Å². The fourth-order valence-corrected chi connectivity index (χ4v) is 2.18. The van der Waals surface area contributed by atoms with Crippen LogP contribution in [0, 0.1) is 0 Å². The van der Waals surface area contributed by atoms with Gasteiger partial charge in [0.15, 0.2) is 0 Å². The lowest BCUT2D eigenvalue weighted by Crippen LogP contribution is -2.52. The Labute approximate surface area is 112 Å². The Kier molecular flexibility index (Phi) is 4.52. The first-order chi connectivity index (χ1) is 9.20. The van der Waals surface area contributed by atoms with Crippen molar-refractivity contribution in [2.45, 2.75) is 24.9 Å². The topological polar surface area (TPSA) is 67.4 Å². The first-order valence-electron chi connectivity index (χ1n) is 6.38. The Morgan fingerprint density at radius 2 is 2.00 bits per heavy atom. The number of hydrogen-bond acceptors (Lipinski definition) is 4. The summed E-state index contributed by atoms with van der Waals surface area (Å²) in [5, 5.41) is 6.05. The molecule has 0 aliphatic carbocycles. The van der Waals surface area contributed by atoms with Gasteiger partial charge >= 0.3 is 5.97 Å². The molecule has 0 spiro atoms. The Bertz CT molecular complexity index is 439. The van der Waals surface area contributed by atoms with Crippen molar-refractivity contribution in [1.82, 2.24) is 10.6 Å². The molecule has 5 heteroatoms. The predicted octanol–water partition coefficient (Wildman–Crippen LogP) is 0.710. The summed E-state index contributed by atoms with van der Waals surface area (Å²) in [4.78, 5) is 23.3. The third-order valence-corrected chi connectivity index (χ3v) is 3.27. The zero-order valence-electron chi connectivity index (χ0n) is 10.9. The molecular formula is C14H18N2O3. The quantitative estimate of drug-likeness (QED) is 0.787. The first kappa shape index (κ1) is 13.5. The van der Waals surface area contributed by atoms with Crippen molar-refractivity contribution in [2.75, 3.05) is 13.7 Å². The van der Waals surface area contributed by atoms with Crippen LogP contribution in [0.15, 0.2) is 30.3 Å². The van der Waals surface area contributed by atoms with Gasteiger partial charge in [-0.25, -0.2) is 0 Å². The van der Waals surface area contributed by atoms with Gasteiger partial charge in [0.1, 0.15) is 6.04 Å². The Balaban J connectivity index is 1.83. The van der Waals surface area contributed by atoms with Crippen molar-refractivity contribution in [3.8, 4) is 0 Å². The van der Waals surface area contributed by atoms with Crippen LogP contribution in [0.4, 0.5) is 0 Å². The van der Waals surface area contributed by atoms with Crippen LogP contribution in [-0.4, -0.2) is 37.6 Å². The maximum absolute atomic E-state index is 12.0. The number of nitrogens with one attached hydrogen (secondary N) is 2. The Morgan fingerprint density at radius 3 is 2.58 bits per heavy atom. The molecule has 1 saturated heterocycles. The van der Waals surface area contributed by atoms with Crippen molar-refractivity contribution in [1.29, 1.82) is 0 Å². The smallest absolute Gasteiger partial charge is 0.322 e. The largest absolute Gasteiger partial charge is 0.468 e. The van der Waals surface area contributed by atoms with Gasteiger partial charge in [0, 0.05) is 18.2 Å². The number of ether oxygens (including phenoxy) is 1. The van der Waals surface area contributed by atoms with Crippen molar-refractivity contribution in [3.05, 3.63) is 35.9 Å². The lowest BCUT2D eigenvalue weighted by Gasteiger charge is -2.28. The standard InChI is InChI=1S/C14H18N2O3/c1-19-14(18)12-8-7-11(9-15-12)16-13(17)10-5-3-2-4-6-10/h2-6,11-12,15H,7-9H2,1H3,(H,16,17). The molecule has 1 aromatic carbocycles. The van der Waals surface area contributed by atoms with Crippen LogP contribution in [0.1, 0.15) is 23.2 Å². The van der Waals surface area contributed by atoms with E-state index in [1.54, 1.807) is 12.1 Å².